The predicted molar refractivity (Wildman–Crippen MR) is 114 cm³/mol. The molecule has 2 aromatic rings. The number of hydrogen-bond acceptors (Lipinski definition) is 8. The van der Waals surface area contributed by atoms with Crippen molar-refractivity contribution in [3.05, 3.63) is 23.3 Å². The molecule has 0 radical (unpaired) electrons. The summed E-state index contributed by atoms with van der Waals surface area (Å²) in [6.45, 7) is 6.62. The van der Waals surface area contributed by atoms with Crippen molar-refractivity contribution >= 4 is 17.9 Å². The highest BCUT2D eigenvalue weighted by molar-refractivity contribution is 7.98. The van der Waals surface area contributed by atoms with Crippen molar-refractivity contribution in [3.8, 4) is 17.3 Å². The molecule has 0 bridgehead atoms. The first-order valence-corrected chi connectivity index (χ1v) is 11.3. The molecule has 30 heavy (non-hydrogen) atoms. The Kier molecular flexibility index (Phi) is 5.57. The molecule has 1 fully saturated rings. The van der Waals surface area contributed by atoms with E-state index in [1.807, 2.05) is 27.0 Å². The molecule has 0 atom stereocenters. The maximum absolute atomic E-state index is 12.5. The molecule has 0 spiro atoms. The van der Waals surface area contributed by atoms with E-state index < -0.39 is 5.60 Å². The SMILES string of the molecule is COc1ncnc(C2CC2)c1-c1nc2c(c(SC)n1)CN(C(=O)OC(C)(C)C)CC2. The van der Waals surface area contributed by atoms with Gasteiger partial charge in [-0.1, -0.05) is 0 Å². The molecule has 1 aliphatic carbocycles. The van der Waals surface area contributed by atoms with E-state index in [0.717, 1.165) is 40.4 Å². The molecular weight excluding hydrogens is 402 g/mol. The van der Waals surface area contributed by atoms with Gasteiger partial charge in [-0.2, -0.15) is 0 Å². The van der Waals surface area contributed by atoms with E-state index in [0.29, 0.717) is 37.1 Å². The molecule has 2 aliphatic rings. The van der Waals surface area contributed by atoms with Gasteiger partial charge >= 0.3 is 6.09 Å². The van der Waals surface area contributed by atoms with Crippen LogP contribution in [0, 0.1) is 0 Å². The van der Waals surface area contributed by atoms with Crippen molar-refractivity contribution in [1.29, 1.82) is 0 Å². The molecule has 1 aliphatic heterocycles. The summed E-state index contributed by atoms with van der Waals surface area (Å²) >= 11 is 1.55. The third-order valence-electron chi connectivity index (χ3n) is 5.09. The summed E-state index contributed by atoms with van der Waals surface area (Å²) in [7, 11) is 1.61. The van der Waals surface area contributed by atoms with Gasteiger partial charge in [0.2, 0.25) is 5.88 Å². The molecule has 1 saturated carbocycles. The number of thioether (sulfide) groups is 1. The van der Waals surface area contributed by atoms with Crippen molar-refractivity contribution in [1.82, 2.24) is 24.8 Å². The Morgan fingerprint density at radius 1 is 1.23 bits per heavy atom. The van der Waals surface area contributed by atoms with Crippen LogP contribution in [0.4, 0.5) is 4.79 Å². The van der Waals surface area contributed by atoms with Crippen LogP contribution in [0.2, 0.25) is 0 Å². The monoisotopic (exact) mass is 429 g/mol. The fourth-order valence-corrected chi connectivity index (χ4v) is 4.17. The second-order valence-electron chi connectivity index (χ2n) is 8.55. The first-order valence-electron chi connectivity index (χ1n) is 10.1. The zero-order valence-corrected chi connectivity index (χ0v) is 18.9. The Morgan fingerprint density at radius 2 is 2.00 bits per heavy atom. The van der Waals surface area contributed by atoms with Gasteiger partial charge < -0.3 is 14.4 Å². The van der Waals surface area contributed by atoms with E-state index in [9.17, 15) is 4.79 Å². The van der Waals surface area contributed by atoms with Crippen molar-refractivity contribution in [2.24, 2.45) is 0 Å². The highest BCUT2D eigenvalue weighted by Gasteiger charge is 2.33. The molecule has 0 aromatic carbocycles. The molecule has 0 N–H and O–H groups in total. The number of methoxy groups -OCH3 is 1. The minimum Gasteiger partial charge on any atom is -0.480 e. The van der Waals surface area contributed by atoms with E-state index in [-0.39, 0.29) is 6.09 Å². The van der Waals surface area contributed by atoms with Crippen molar-refractivity contribution in [2.75, 3.05) is 19.9 Å². The average molecular weight is 430 g/mol. The number of carbonyl (C=O) groups is 1. The van der Waals surface area contributed by atoms with E-state index in [1.165, 1.54) is 0 Å². The van der Waals surface area contributed by atoms with Gasteiger partial charge in [-0.3, -0.25) is 0 Å². The predicted octanol–water partition coefficient (Wildman–Crippen LogP) is 3.83. The maximum atomic E-state index is 12.5. The summed E-state index contributed by atoms with van der Waals surface area (Å²) in [6, 6.07) is 0. The third-order valence-corrected chi connectivity index (χ3v) is 5.81. The fourth-order valence-electron chi connectivity index (χ4n) is 3.56. The van der Waals surface area contributed by atoms with Gasteiger partial charge in [0.1, 0.15) is 22.5 Å². The van der Waals surface area contributed by atoms with E-state index >= 15 is 0 Å². The molecule has 8 nitrogen and oxygen atoms in total. The summed E-state index contributed by atoms with van der Waals surface area (Å²) in [5.41, 5.74) is 3.16. The van der Waals surface area contributed by atoms with Crippen LogP contribution in [-0.2, 0) is 17.7 Å². The first-order chi connectivity index (χ1) is 14.3. The minimum absolute atomic E-state index is 0.307. The Labute approximate surface area is 180 Å². The number of rotatable bonds is 4. The molecule has 1 amide bonds. The number of amides is 1. The molecule has 160 valence electrons. The Morgan fingerprint density at radius 3 is 2.63 bits per heavy atom. The smallest absolute Gasteiger partial charge is 0.410 e. The van der Waals surface area contributed by atoms with Crippen LogP contribution in [0.25, 0.3) is 11.4 Å². The van der Waals surface area contributed by atoms with E-state index in [2.05, 4.69) is 9.97 Å². The molecule has 3 heterocycles. The Bertz CT molecular complexity index is 955. The lowest BCUT2D eigenvalue weighted by atomic mass is 10.1. The molecule has 0 saturated heterocycles. The Balaban J connectivity index is 1.71. The number of fused-ring (bicyclic) bond motifs is 1. The zero-order chi connectivity index (χ0) is 21.5. The summed E-state index contributed by atoms with van der Waals surface area (Å²) in [5.74, 6) is 1.52. The van der Waals surface area contributed by atoms with Crippen LogP contribution in [-0.4, -0.2) is 56.4 Å². The molecule has 9 heteroatoms. The lowest BCUT2D eigenvalue weighted by molar-refractivity contribution is 0.0220. The van der Waals surface area contributed by atoms with Crippen LogP contribution < -0.4 is 4.74 Å². The highest BCUT2D eigenvalue weighted by Crippen LogP contribution is 2.45. The lowest BCUT2D eigenvalue weighted by Crippen LogP contribution is -2.40. The number of aromatic nitrogens is 4. The normalized spacial score (nSPS) is 16.2. The van der Waals surface area contributed by atoms with Crippen LogP contribution in [0.1, 0.15) is 56.5 Å². The number of hydrogen-bond donors (Lipinski definition) is 0. The van der Waals surface area contributed by atoms with Crippen LogP contribution in [0.5, 0.6) is 5.88 Å². The second-order valence-corrected chi connectivity index (χ2v) is 9.35. The summed E-state index contributed by atoms with van der Waals surface area (Å²) in [5, 5.41) is 0.857. The molecule has 4 rings (SSSR count). The van der Waals surface area contributed by atoms with Gasteiger partial charge in [-0.25, -0.2) is 24.7 Å². The second kappa shape index (κ2) is 8.02. The fraction of sp³-hybridized carbons (Fsp3) is 0.571. The van der Waals surface area contributed by atoms with Crippen LogP contribution in [0.3, 0.4) is 0 Å². The zero-order valence-electron chi connectivity index (χ0n) is 18.1. The number of carbonyl (C=O) groups excluding carboxylic acids is 1. The van der Waals surface area contributed by atoms with Gasteiger partial charge in [-0.15, -0.1) is 11.8 Å². The van der Waals surface area contributed by atoms with E-state index in [4.69, 9.17) is 19.4 Å². The molecule has 0 unspecified atom stereocenters. The van der Waals surface area contributed by atoms with Gasteiger partial charge in [0.05, 0.1) is 25.0 Å². The largest absolute Gasteiger partial charge is 0.480 e. The summed E-state index contributed by atoms with van der Waals surface area (Å²) < 4.78 is 11.1. The quantitative estimate of drug-likeness (QED) is 0.535. The average Bonchev–Trinajstić information content (AvgIpc) is 3.56. The van der Waals surface area contributed by atoms with Crippen molar-refractivity contribution < 1.29 is 14.3 Å². The summed E-state index contributed by atoms with van der Waals surface area (Å²) in [4.78, 5) is 32.8. The number of ether oxygens (including phenoxy) is 2. The lowest BCUT2D eigenvalue weighted by Gasteiger charge is -2.31. The third kappa shape index (κ3) is 4.21. The van der Waals surface area contributed by atoms with Gasteiger partial charge in [0.25, 0.3) is 0 Å². The summed E-state index contributed by atoms with van der Waals surface area (Å²) in [6.07, 6.45) is 6.09. The van der Waals surface area contributed by atoms with Gasteiger partial charge in [-0.05, 0) is 39.9 Å². The van der Waals surface area contributed by atoms with Crippen molar-refractivity contribution in [2.45, 2.75) is 63.1 Å². The highest BCUT2D eigenvalue weighted by atomic mass is 32.2. The molecule has 2 aromatic heterocycles. The van der Waals surface area contributed by atoms with E-state index in [1.54, 1.807) is 30.1 Å². The van der Waals surface area contributed by atoms with Crippen LogP contribution >= 0.6 is 11.8 Å². The topological polar surface area (TPSA) is 90.3 Å². The Hall–Kier alpha value is -2.42. The minimum atomic E-state index is -0.525. The van der Waals surface area contributed by atoms with Gasteiger partial charge in [0.15, 0.2) is 5.82 Å². The maximum Gasteiger partial charge on any atom is 0.410 e. The number of nitrogens with zero attached hydrogens (tertiary/aromatic N) is 5. The van der Waals surface area contributed by atoms with Gasteiger partial charge in [0, 0.05) is 24.4 Å². The standard InChI is InChI=1S/C21H27N5O3S/c1-21(2,3)29-20(27)26-9-8-14-13(10-26)19(30-5)25-17(24-14)15-16(12-6-7-12)22-11-23-18(15)28-4/h11-12H,6-10H2,1-5H3. The van der Waals surface area contributed by atoms with Crippen molar-refractivity contribution in [3.63, 3.8) is 0 Å². The molecular formula is C21H27N5O3S. The van der Waals surface area contributed by atoms with Crippen LogP contribution in [0.15, 0.2) is 11.4 Å². The first kappa shape index (κ1) is 20.8.